The maximum Gasteiger partial charge on any atom is 0.161 e. The Bertz CT molecular complexity index is 369. The van der Waals surface area contributed by atoms with E-state index in [-0.39, 0.29) is 0 Å². The average molecular weight is 266 g/mol. The zero-order valence-electron chi connectivity index (χ0n) is 11.0. The Kier molecular flexibility index (Phi) is 4.81. The normalized spacial score (nSPS) is 17.0. The summed E-state index contributed by atoms with van der Waals surface area (Å²) in [6, 6.07) is 7.92. The second-order valence-electron chi connectivity index (χ2n) is 5.10. The lowest BCUT2D eigenvalue weighted by Gasteiger charge is -2.40. The summed E-state index contributed by atoms with van der Waals surface area (Å²) < 4.78 is 11.7. The predicted molar refractivity (Wildman–Crippen MR) is 77.9 cm³/mol. The molecule has 3 heteroatoms. The van der Waals surface area contributed by atoms with Crippen LogP contribution >= 0.6 is 12.6 Å². The summed E-state index contributed by atoms with van der Waals surface area (Å²) in [6.45, 7) is 3.59. The van der Waals surface area contributed by atoms with Crippen LogP contribution in [0.2, 0.25) is 0 Å². The summed E-state index contributed by atoms with van der Waals surface area (Å²) >= 11 is 4.45. The Hall–Kier alpha value is -0.830. The summed E-state index contributed by atoms with van der Waals surface area (Å²) in [5.41, 5.74) is 0.293. The van der Waals surface area contributed by atoms with Gasteiger partial charge in [0.05, 0.1) is 13.2 Å². The highest BCUT2D eigenvalue weighted by atomic mass is 32.1. The predicted octanol–water partition coefficient (Wildman–Crippen LogP) is 3.95. The largest absolute Gasteiger partial charge is 0.490 e. The first-order valence-electron chi connectivity index (χ1n) is 6.75. The lowest BCUT2D eigenvalue weighted by Crippen LogP contribution is -2.37. The fourth-order valence-corrected chi connectivity index (χ4v) is 2.56. The van der Waals surface area contributed by atoms with Crippen LogP contribution in [0.15, 0.2) is 24.3 Å². The molecular formula is C15H22O2S. The molecule has 100 valence electrons. The molecule has 0 radical (unpaired) electrons. The molecule has 1 saturated carbocycles. The molecule has 0 unspecified atom stereocenters. The van der Waals surface area contributed by atoms with Crippen LogP contribution in [0, 0.1) is 5.41 Å². The summed E-state index contributed by atoms with van der Waals surface area (Å²) in [4.78, 5) is 0. The Morgan fingerprint density at radius 1 is 1.17 bits per heavy atom. The van der Waals surface area contributed by atoms with Gasteiger partial charge < -0.3 is 9.47 Å². The number of thiol groups is 1. The third kappa shape index (κ3) is 3.14. The van der Waals surface area contributed by atoms with Crippen molar-refractivity contribution in [2.45, 2.75) is 32.6 Å². The van der Waals surface area contributed by atoms with Crippen LogP contribution in [0.5, 0.6) is 11.5 Å². The van der Waals surface area contributed by atoms with Crippen LogP contribution in [-0.2, 0) is 0 Å². The third-order valence-corrected chi connectivity index (χ3v) is 4.27. The Balaban J connectivity index is 1.95. The number of hydrogen-bond donors (Lipinski definition) is 1. The average Bonchev–Trinajstić information content (AvgIpc) is 2.37. The quantitative estimate of drug-likeness (QED) is 0.753. The standard InChI is InChI=1S/C15H22O2S/c1-2-10-16-13-6-3-4-7-14(13)17-11-15(12-18)8-5-9-15/h3-4,6-7,18H,2,5,8-12H2,1H3. The van der Waals surface area contributed by atoms with Gasteiger partial charge in [0.15, 0.2) is 11.5 Å². The van der Waals surface area contributed by atoms with Crippen molar-refractivity contribution >= 4 is 12.6 Å². The van der Waals surface area contributed by atoms with Crippen molar-refractivity contribution in [1.29, 1.82) is 0 Å². The molecule has 18 heavy (non-hydrogen) atoms. The van der Waals surface area contributed by atoms with Gasteiger partial charge in [-0.05, 0) is 37.1 Å². The molecule has 0 saturated heterocycles. The lowest BCUT2D eigenvalue weighted by atomic mass is 9.71. The summed E-state index contributed by atoms with van der Waals surface area (Å²) in [6.07, 6.45) is 4.77. The highest BCUT2D eigenvalue weighted by molar-refractivity contribution is 7.80. The highest BCUT2D eigenvalue weighted by Gasteiger charge is 2.36. The third-order valence-electron chi connectivity index (χ3n) is 3.59. The second-order valence-corrected chi connectivity index (χ2v) is 5.41. The molecule has 1 aromatic rings. The van der Waals surface area contributed by atoms with Gasteiger partial charge in [0.25, 0.3) is 0 Å². The molecule has 0 atom stereocenters. The first-order valence-corrected chi connectivity index (χ1v) is 7.38. The first kappa shape index (κ1) is 13.6. The summed E-state index contributed by atoms with van der Waals surface area (Å²) in [7, 11) is 0. The highest BCUT2D eigenvalue weighted by Crippen LogP contribution is 2.42. The van der Waals surface area contributed by atoms with Gasteiger partial charge in [-0.25, -0.2) is 0 Å². The minimum absolute atomic E-state index is 0.293. The number of para-hydroxylation sites is 2. The van der Waals surface area contributed by atoms with Crippen molar-refractivity contribution in [2.24, 2.45) is 5.41 Å². The van der Waals surface area contributed by atoms with Crippen LogP contribution in [0.4, 0.5) is 0 Å². The molecule has 2 nitrogen and oxygen atoms in total. The van der Waals surface area contributed by atoms with E-state index in [1.807, 2.05) is 24.3 Å². The fraction of sp³-hybridized carbons (Fsp3) is 0.600. The second kappa shape index (κ2) is 6.37. The summed E-state index contributed by atoms with van der Waals surface area (Å²) in [5.74, 6) is 2.62. The van der Waals surface area contributed by atoms with Crippen molar-refractivity contribution in [3.05, 3.63) is 24.3 Å². The zero-order valence-corrected chi connectivity index (χ0v) is 11.9. The fourth-order valence-electron chi connectivity index (χ4n) is 2.16. The first-order chi connectivity index (χ1) is 8.79. The van der Waals surface area contributed by atoms with Crippen molar-refractivity contribution in [1.82, 2.24) is 0 Å². The van der Waals surface area contributed by atoms with Gasteiger partial charge in [0.1, 0.15) is 0 Å². The van der Waals surface area contributed by atoms with Gasteiger partial charge in [0.2, 0.25) is 0 Å². The molecule has 0 amide bonds. The van der Waals surface area contributed by atoms with E-state index in [0.717, 1.165) is 36.9 Å². The minimum Gasteiger partial charge on any atom is -0.490 e. The Morgan fingerprint density at radius 2 is 1.83 bits per heavy atom. The molecule has 0 aromatic heterocycles. The molecule has 1 aliphatic rings. The smallest absolute Gasteiger partial charge is 0.161 e. The van der Waals surface area contributed by atoms with E-state index in [4.69, 9.17) is 9.47 Å². The van der Waals surface area contributed by atoms with E-state index < -0.39 is 0 Å². The van der Waals surface area contributed by atoms with Crippen molar-refractivity contribution in [2.75, 3.05) is 19.0 Å². The van der Waals surface area contributed by atoms with Crippen LogP contribution < -0.4 is 9.47 Å². The van der Waals surface area contributed by atoms with Crippen LogP contribution in [0.1, 0.15) is 32.6 Å². The molecule has 0 aliphatic heterocycles. The van der Waals surface area contributed by atoms with Gasteiger partial charge in [-0.1, -0.05) is 25.5 Å². The maximum atomic E-state index is 5.96. The molecule has 1 fully saturated rings. The van der Waals surface area contributed by atoms with E-state index in [2.05, 4.69) is 19.6 Å². The van der Waals surface area contributed by atoms with Crippen molar-refractivity contribution in [3.8, 4) is 11.5 Å². The van der Waals surface area contributed by atoms with E-state index in [1.165, 1.54) is 19.3 Å². The van der Waals surface area contributed by atoms with Crippen molar-refractivity contribution < 1.29 is 9.47 Å². The number of benzene rings is 1. The molecule has 2 rings (SSSR count). The van der Waals surface area contributed by atoms with E-state index in [0.29, 0.717) is 5.41 Å². The molecule has 0 bridgehead atoms. The lowest BCUT2D eigenvalue weighted by molar-refractivity contribution is 0.0806. The van der Waals surface area contributed by atoms with Gasteiger partial charge >= 0.3 is 0 Å². The molecule has 1 aromatic carbocycles. The molecule has 0 heterocycles. The van der Waals surface area contributed by atoms with Crippen molar-refractivity contribution in [3.63, 3.8) is 0 Å². The molecule has 1 aliphatic carbocycles. The number of ether oxygens (including phenoxy) is 2. The SMILES string of the molecule is CCCOc1ccccc1OCC1(CS)CCC1. The molecule has 0 spiro atoms. The Morgan fingerprint density at radius 3 is 2.33 bits per heavy atom. The van der Waals surface area contributed by atoms with Gasteiger partial charge in [-0.15, -0.1) is 0 Å². The zero-order chi connectivity index (χ0) is 12.8. The molecule has 0 N–H and O–H groups in total. The Labute approximate surface area is 115 Å². The van der Waals surface area contributed by atoms with Gasteiger partial charge in [-0.2, -0.15) is 12.6 Å². The van der Waals surface area contributed by atoms with E-state index >= 15 is 0 Å². The maximum absolute atomic E-state index is 5.96. The number of hydrogen-bond acceptors (Lipinski definition) is 3. The molecular weight excluding hydrogens is 244 g/mol. The van der Waals surface area contributed by atoms with Crippen LogP contribution in [0.25, 0.3) is 0 Å². The number of rotatable bonds is 7. The van der Waals surface area contributed by atoms with Crippen LogP contribution in [0.3, 0.4) is 0 Å². The van der Waals surface area contributed by atoms with Gasteiger partial charge in [0, 0.05) is 5.41 Å². The minimum atomic E-state index is 0.293. The summed E-state index contributed by atoms with van der Waals surface area (Å²) in [5, 5.41) is 0. The van der Waals surface area contributed by atoms with E-state index in [1.54, 1.807) is 0 Å². The van der Waals surface area contributed by atoms with Gasteiger partial charge in [-0.3, -0.25) is 0 Å². The monoisotopic (exact) mass is 266 g/mol. The topological polar surface area (TPSA) is 18.5 Å². The van der Waals surface area contributed by atoms with E-state index in [9.17, 15) is 0 Å². The van der Waals surface area contributed by atoms with Crippen LogP contribution in [-0.4, -0.2) is 19.0 Å².